The number of rotatable bonds is 5. The van der Waals surface area contributed by atoms with Gasteiger partial charge >= 0.3 is 0 Å². The molecule has 116 valence electrons. The van der Waals surface area contributed by atoms with Crippen molar-refractivity contribution in [3.63, 3.8) is 0 Å². The van der Waals surface area contributed by atoms with Crippen LogP contribution >= 0.6 is 22.6 Å². The first-order chi connectivity index (χ1) is 11.3. The average Bonchev–Trinajstić information content (AvgIpc) is 2.60. The summed E-state index contributed by atoms with van der Waals surface area (Å²) >= 11 is 2.06. The number of hydrogen-bond acceptors (Lipinski definition) is 1. The minimum Gasteiger partial charge on any atom is -0.391 e. The molecular weight excluding hydrogens is 395 g/mol. The van der Waals surface area contributed by atoms with E-state index in [0.29, 0.717) is 0 Å². The zero-order valence-electron chi connectivity index (χ0n) is 13.0. The second-order valence-corrected chi connectivity index (χ2v) is 5.72. The highest BCUT2D eigenvalue weighted by atomic mass is 127. The molecule has 0 radical (unpaired) electrons. The predicted octanol–water partition coefficient (Wildman–Crippen LogP) is 5.18. The first kappa shape index (κ1) is 17.6. The van der Waals surface area contributed by atoms with Crippen LogP contribution in [-0.2, 0) is 0 Å². The van der Waals surface area contributed by atoms with Gasteiger partial charge in [0.25, 0.3) is 0 Å². The van der Waals surface area contributed by atoms with Crippen LogP contribution < -0.4 is 0 Å². The van der Waals surface area contributed by atoms with Crippen LogP contribution in [0.25, 0.3) is 16.8 Å². The number of unbranched alkanes of at least 4 members (excludes halogenated alkanes) is 3. The Labute approximate surface area is 151 Å². The number of fused-ring (bicyclic) bond motifs is 1. The fourth-order valence-electron chi connectivity index (χ4n) is 2.34. The molecule has 23 heavy (non-hydrogen) atoms. The van der Waals surface area contributed by atoms with Gasteiger partial charge in [0.1, 0.15) is 0 Å². The van der Waals surface area contributed by atoms with Crippen molar-refractivity contribution in [1.29, 1.82) is 0 Å². The lowest BCUT2D eigenvalue weighted by atomic mass is 10.0. The van der Waals surface area contributed by atoms with Crippen LogP contribution in [0.2, 0.25) is 0 Å². The van der Waals surface area contributed by atoms with E-state index in [1.54, 1.807) is 0 Å². The maximum absolute atomic E-state index is 9.54. The highest BCUT2D eigenvalue weighted by molar-refractivity contribution is 14.1. The first-order valence-corrected chi connectivity index (χ1v) is 8.79. The highest BCUT2D eigenvalue weighted by Crippen LogP contribution is 2.20. The minimum absolute atomic E-state index is 0.0312. The van der Waals surface area contributed by atoms with Crippen LogP contribution in [0.3, 0.4) is 0 Å². The van der Waals surface area contributed by atoms with E-state index in [1.165, 1.54) is 10.8 Å². The summed E-state index contributed by atoms with van der Waals surface area (Å²) in [4.78, 5) is 0. The molecule has 0 bridgehead atoms. The topological polar surface area (TPSA) is 20.2 Å². The van der Waals surface area contributed by atoms with E-state index in [1.807, 2.05) is 24.3 Å². The highest BCUT2D eigenvalue weighted by Gasteiger charge is 1.98. The van der Waals surface area contributed by atoms with E-state index >= 15 is 0 Å². The summed E-state index contributed by atoms with van der Waals surface area (Å²) in [7, 11) is 0. The van der Waals surface area contributed by atoms with Gasteiger partial charge in [-0.2, -0.15) is 0 Å². The van der Waals surface area contributed by atoms with Gasteiger partial charge in [0.05, 0.1) is 6.61 Å². The molecular formula is C21H19IO. The molecule has 0 spiro atoms. The van der Waals surface area contributed by atoms with Gasteiger partial charge in [-0.15, -0.1) is 0 Å². The molecule has 2 rings (SSSR count). The zero-order chi connectivity index (χ0) is 16.3. The van der Waals surface area contributed by atoms with Crippen LogP contribution in [0.5, 0.6) is 0 Å². The van der Waals surface area contributed by atoms with Gasteiger partial charge in [0, 0.05) is 41.0 Å². The van der Waals surface area contributed by atoms with Crippen molar-refractivity contribution in [3.8, 4) is 21.7 Å². The van der Waals surface area contributed by atoms with E-state index in [9.17, 15) is 5.11 Å². The zero-order valence-corrected chi connectivity index (χ0v) is 15.1. The molecule has 0 atom stereocenters. The molecule has 0 unspecified atom stereocenters. The van der Waals surface area contributed by atoms with Gasteiger partial charge < -0.3 is 5.11 Å². The maximum Gasteiger partial charge on any atom is 0.0760 e. The Morgan fingerprint density at radius 1 is 1.00 bits per heavy atom. The molecule has 0 fully saturated rings. The van der Waals surface area contributed by atoms with Gasteiger partial charge in [-0.3, -0.25) is 0 Å². The van der Waals surface area contributed by atoms with E-state index in [2.05, 4.69) is 68.5 Å². The van der Waals surface area contributed by atoms with Gasteiger partial charge in [0.15, 0.2) is 0 Å². The largest absolute Gasteiger partial charge is 0.391 e. The fraction of sp³-hybridized carbons (Fsp3) is 0.238. The summed E-state index contributed by atoms with van der Waals surface area (Å²) in [5.41, 5.74) is 1.85. The lowest BCUT2D eigenvalue weighted by Crippen LogP contribution is -1.88. The second kappa shape index (κ2) is 10.1. The lowest BCUT2D eigenvalue weighted by Gasteiger charge is -2.03. The van der Waals surface area contributed by atoms with Crippen molar-refractivity contribution in [2.24, 2.45) is 0 Å². The molecule has 0 aliphatic rings. The Bertz CT molecular complexity index is 792. The molecule has 1 N–H and O–H groups in total. The van der Waals surface area contributed by atoms with E-state index in [4.69, 9.17) is 0 Å². The van der Waals surface area contributed by atoms with Crippen molar-refractivity contribution in [3.05, 3.63) is 53.6 Å². The van der Waals surface area contributed by atoms with Gasteiger partial charge in [-0.25, -0.2) is 0 Å². The van der Waals surface area contributed by atoms with E-state index in [-0.39, 0.29) is 6.61 Å². The standard InChI is InChI=1S/C21H19IO/c22-15-8-4-2-1-3-5-10-18(17-23)16-20-13-9-12-19-11-6-7-14-21(19)20/h6-7,9,11-14,16,23H,1-4,17H2/b18-16-. The number of aliphatic hydroxyl groups is 1. The van der Waals surface area contributed by atoms with Crippen LogP contribution in [0.15, 0.2) is 48.0 Å². The van der Waals surface area contributed by atoms with Crippen molar-refractivity contribution >= 4 is 39.4 Å². The summed E-state index contributed by atoms with van der Waals surface area (Å²) in [5, 5.41) is 11.9. The molecule has 2 aromatic rings. The molecule has 0 saturated heterocycles. The molecule has 2 heteroatoms. The number of halogens is 1. The second-order valence-electron chi connectivity index (χ2n) is 5.18. The molecule has 0 heterocycles. The predicted molar refractivity (Wildman–Crippen MR) is 107 cm³/mol. The Hall–Kier alpha value is -1.75. The molecule has 0 amide bonds. The first-order valence-electron chi connectivity index (χ1n) is 7.71. The molecule has 0 aliphatic carbocycles. The van der Waals surface area contributed by atoms with Crippen molar-refractivity contribution in [1.82, 2.24) is 0 Å². The lowest BCUT2D eigenvalue weighted by molar-refractivity contribution is 0.337. The monoisotopic (exact) mass is 414 g/mol. The molecule has 0 aromatic heterocycles. The summed E-state index contributed by atoms with van der Waals surface area (Å²) in [6.45, 7) is -0.0312. The normalized spacial score (nSPS) is 10.6. The van der Waals surface area contributed by atoms with Gasteiger partial charge in [-0.1, -0.05) is 60.2 Å². The molecule has 0 aliphatic heterocycles. The summed E-state index contributed by atoms with van der Waals surface area (Å²) in [6, 6.07) is 14.4. The smallest absolute Gasteiger partial charge is 0.0760 e. The van der Waals surface area contributed by atoms with E-state index < -0.39 is 0 Å². The number of benzene rings is 2. The van der Waals surface area contributed by atoms with Crippen LogP contribution in [0.4, 0.5) is 0 Å². The fourth-order valence-corrected chi connectivity index (χ4v) is 2.61. The quantitative estimate of drug-likeness (QED) is 0.407. The number of hydrogen-bond donors (Lipinski definition) is 1. The van der Waals surface area contributed by atoms with Crippen molar-refractivity contribution in [2.75, 3.05) is 6.61 Å². The Kier molecular flexibility index (Phi) is 7.73. The van der Waals surface area contributed by atoms with Crippen molar-refractivity contribution in [2.45, 2.75) is 25.7 Å². The average molecular weight is 414 g/mol. The molecule has 1 nitrogen and oxygen atoms in total. The molecule has 0 saturated carbocycles. The van der Waals surface area contributed by atoms with Gasteiger partial charge in [0.2, 0.25) is 0 Å². The SMILES string of the molecule is OC/C(C#CCCCCC#CI)=C\c1cccc2ccccc12. The number of aliphatic hydroxyl groups excluding tert-OH is 1. The minimum atomic E-state index is -0.0312. The van der Waals surface area contributed by atoms with Crippen LogP contribution in [0.1, 0.15) is 31.2 Å². The van der Waals surface area contributed by atoms with E-state index in [0.717, 1.165) is 36.8 Å². The summed E-state index contributed by atoms with van der Waals surface area (Å²) in [5.74, 6) is 9.30. The third-order valence-corrected chi connectivity index (χ3v) is 3.87. The third-order valence-electron chi connectivity index (χ3n) is 3.49. The van der Waals surface area contributed by atoms with Crippen LogP contribution in [0, 0.1) is 21.7 Å². The summed E-state index contributed by atoms with van der Waals surface area (Å²) < 4.78 is 2.87. The maximum atomic E-state index is 9.54. The van der Waals surface area contributed by atoms with Crippen molar-refractivity contribution < 1.29 is 5.11 Å². The Balaban J connectivity index is 2.07. The molecule has 2 aromatic carbocycles. The Morgan fingerprint density at radius 2 is 1.74 bits per heavy atom. The Morgan fingerprint density at radius 3 is 2.52 bits per heavy atom. The summed E-state index contributed by atoms with van der Waals surface area (Å²) in [6.07, 6.45) is 5.88. The third kappa shape index (κ3) is 5.75. The van der Waals surface area contributed by atoms with Gasteiger partial charge in [-0.05, 0) is 39.2 Å². The van der Waals surface area contributed by atoms with Crippen LogP contribution in [-0.4, -0.2) is 11.7 Å².